The van der Waals surface area contributed by atoms with Crippen molar-refractivity contribution in [2.45, 2.75) is 39.8 Å². The highest BCUT2D eigenvalue weighted by atomic mass is 16.1. The van der Waals surface area contributed by atoms with E-state index in [0.717, 1.165) is 24.9 Å². The summed E-state index contributed by atoms with van der Waals surface area (Å²) in [7, 11) is 0. The van der Waals surface area contributed by atoms with Gasteiger partial charge in [-0.05, 0) is 24.0 Å². The van der Waals surface area contributed by atoms with Crippen LogP contribution in [0.5, 0.6) is 0 Å². The maximum Gasteiger partial charge on any atom is 0.223 e. The van der Waals surface area contributed by atoms with Gasteiger partial charge in [-0.2, -0.15) is 0 Å². The molecule has 1 aromatic heterocycles. The van der Waals surface area contributed by atoms with E-state index in [4.69, 9.17) is 0 Å². The van der Waals surface area contributed by atoms with Crippen LogP contribution in [0.4, 0.5) is 0 Å². The third-order valence-electron chi connectivity index (χ3n) is 3.77. The van der Waals surface area contributed by atoms with E-state index in [1.54, 1.807) is 6.20 Å². The summed E-state index contributed by atoms with van der Waals surface area (Å²) in [6.07, 6.45) is 7.33. The first-order chi connectivity index (χ1) is 10.2. The van der Waals surface area contributed by atoms with Crippen molar-refractivity contribution in [1.29, 1.82) is 0 Å². The molecular weight excluding hydrogens is 262 g/mol. The highest BCUT2D eigenvalue weighted by Gasteiger charge is 2.13. The van der Waals surface area contributed by atoms with Crippen LogP contribution in [-0.4, -0.2) is 15.5 Å². The van der Waals surface area contributed by atoms with E-state index < -0.39 is 0 Å². The Labute approximate surface area is 126 Å². The van der Waals surface area contributed by atoms with Gasteiger partial charge in [0.05, 0.1) is 6.33 Å². The van der Waals surface area contributed by atoms with Gasteiger partial charge in [0.2, 0.25) is 5.91 Å². The maximum absolute atomic E-state index is 11.9. The van der Waals surface area contributed by atoms with Crippen LogP contribution in [0.3, 0.4) is 0 Å². The first-order valence-electron chi connectivity index (χ1n) is 7.54. The Balaban J connectivity index is 1.86. The number of hydrogen-bond donors (Lipinski definition) is 1. The number of carbonyl (C=O) groups is 1. The number of imidazole rings is 1. The maximum atomic E-state index is 11.9. The molecule has 21 heavy (non-hydrogen) atoms. The van der Waals surface area contributed by atoms with E-state index in [1.807, 2.05) is 17.1 Å². The zero-order valence-corrected chi connectivity index (χ0v) is 12.7. The minimum absolute atomic E-state index is 0.130. The lowest BCUT2D eigenvalue weighted by atomic mass is 10.0. The van der Waals surface area contributed by atoms with Crippen LogP contribution < -0.4 is 5.32 Å². The van der Waals surface area contributed by atoms with Gasteiger partial charge in [0.25, 0.3) is 0 Å². The molecule has 0 atom stereocenters. The predicted octanol–water partition coefficient (Wildman–Crippen LogP) is 2.98. The summed E-state index contributed by atoms with van der Waals surface area (Å²) in [5.41, 5.74) is 2.35. The van der Waals surface area contributed by atoms with Gasteiger partial charge in [-0.15, -0.1) is 0 Å². The minimum atomic E-state index is 0.130. The molecule has 0 spiro atoms. The Kier molecular flexibility index (Phi) is 5.55. The molecule has 1 N–H and O–H groups in total. The van der Waals surface area contributed by atoms with Crippen molar-refractivity contribution in [1.82, 2.24) is 14.9 Å². The summed E-state index contributed by atoms with van der Waals surface area (Å²) in [5, 5.41) is 3.01. The fraction of sp³-hybridized carbons (Fsp3) is 0.412. The normalized spacial score (nSPS) is 10.8. The lowest BCUT2D eigenvalue weighted by Gasteiger charge is -2.13. The highest BCUT2D eigenvalue weighted by molar-refractivity contribution is 5.78. The smallest absolute Gasteiger partial charge is 0.223 e. The molecule has 1 aromatic carbocycles. The number of hydrogen-bond acceptors (Lipinski definition) is 2. The monoisotopic (exact) mass is 285 g/mol. The topological polar surface area (TPSA) is 46.9 Å². The van der Waals surface area contributed by atoms with Crippen molar-refractivity contribution in [3.63, 3.8) is 0 Å². The third-order valence-corrected chi connectivity index (χ3v) is 3.77. The molecule has 0 aliphatic heterocycles. The third kappa shape index (κ3) is 4.45. The van der Waals surface area contributed by atoms with Gasteiger partial charge in [0.15, 0.2) is 0 Å². The number of carbonyl (C=O) groups excluding carboxylic acids is 1. The van der Waals surface area contributed by atoms with Crippen molar-refractivity contribution >= 4 is 5.91 Å². The molecule has 4 heteroatoms. The number of aromatic nitrogens is 2. The summed E-state index contributed by atoms with van der Waals surface area (Å²) in [4.78, 5) is 16.0. The first-order valence-corrected chi connectivity index (χ1v) is 7.54. The molecule has 0 fully saturated rings. The molecule has 0 saturated carbocycles. The zero-order chi connectivity index (χ0) is 15.1. The Morgan fingerprint density at radius 3 is 2.43 bits per heavy atom. The van der Waals surface area contributed by atoms with Gasteiger partial charge in [-0.1, -0.05) is 38.1 Å². The second-order valence-electron chi connectivity index (χ2n) is 5.28. The Bertz CT molecular complexity index is 542. The van der Waals surface area contributed by atoms with Gasteiger partial charge in [0, 0.05) is 31.4 Å². The summed E-state index contributed by atoms with van der Waals surface area (Å²) >= 11 is 0. The standard InChI is InChI=1S/C17H23N3O/c1-3-16(4-2)17(21)19-11-14-5-7-15(8-6-14)12-20-10-9-18-13-20/h5-10,13,16H,3-4,11-12H2,1-2H3,(H,19,21). The van der Waals surface area contributed by atoms with Gasteiger partial charge in [-0.25, -0.2) is 4.98 Å². The van der Waals surface area contributed by atoms with E-state index >= 15 is 0 Å². The Hall–Kier alpha value is -2.10. The SMILES string of the molecule is CCC(CC)C(=O)NCc1ccc(Cn2ccnc2)cc1. The van der Waals surface area contributed by atoms with Crippen LogP contribution in [0.2, 0.25) is 0 Å². The molecule has 1 heterocycles. The molecule has 2 rings (SSSR count). The van der Waals surface area contributed by atoms with E-state index in [-0.39, 0.29) is 11.8 Å². The van der Waals surface area contributed by atoms with Crippen molar-refractivity contribution in [3.05, 3.63) is 54.1 Å². The lowest BCUT2D eigenvalue weighted by Crippen LogP contribution is -2.29. The van der Waals surface area contributed by atoms with Crippen LogP contribution in [0, 0.1) is 5.92 Å². The summed E-state index contributed by atoms with van der Waals surface area (Å²) in [5.74, 6) is 0.285. The quantitative estimate of drug-likeness (QED) is 0.850. The van der Waals surface area contributed by atoms with Gasteiger partial charge < -0.3 is 9.88 Å². The molecule has 0 aliphatic carbocycles. The van der Waals surface area contributed by atoms with Crippen LogP contribution in [0.1, 0.15) is 37.8 Å². The lowest BCUT2D eigenvalue weighted by molar-refractivity contribution is -0.125. The Morgan fingerprint density at radius 2 is 1.86 bits per heavy atom. The van der Waals surface area contributed by atoms with Gasteiger partial charge in [-0.3, -0.25) is 4.79 Å². The number of benzene rings is 1. The molecule has 0 aliphatic rings. The van der Waals surface area contributed by atoms with Crippen molar-refractivity contribution in [2.75, 3.05) is 0 Å². The van der Waals surface area contributed by atoms with Gasteiger partial charge in [0.1, 0.15) is 0 Å². The first kappa shape index (κ1) is 15.3. The van der Waals surface area contributed by atoms with Crippen LogP contribution in [0.15, 0.2) is 43.0 Å². The average Bonchev–Trinajstić information content (AvgIpc) is 3.01. The van der Waals surface area contributed by atoms with E-state index in [1.165, 1.54) is 5.56 Å². The van der Waals surface area contributed by atoms with Crippen molar-refractivity contribution < 1.29 is 4.79 Å². The largest absolute Gasteiger partial charge is 0.352 e. The second-order valence-corrected chi connectivity index (χ2v) is 5.28. The molecule has 2 aromatic rings. The van der Waals surface area contributed by atoms with Crippen molar-refractivity contribution in [2.24, 2.45) is 5.92 Å². The molecule has 112 valence electrons. The van der Waals surface area contributed by atoms with E-state index in [2.05, 4.69) is 48.4 Å². The predicted molar refractivity (Wildman–Crippen MR) is 83.7 cm³/mol. The summed E-state index contributed by atoms with van der Waals surface area (Å²) in [6.45, 7) is 5.53. The molecule has 1 amide bonds. The number of nitrogens with zero attached hydrogens (tertiary/aromatic N) is 2. The molecule has 0 unspecified atom stereocenters. The van der Waals surface area contributed by atoms with Crippen LogP contribution in [-0.2, 0) is 17.9 Å². The molecule has 0 bridgehead atoms. The fourth-order valence-electron chi connectivity index (χ4n) is 2.35. The molecular formula is C17H23N3O. The van der Waals surface area contributed by atoms with E-state index in [9.17, 15) is 4.79 Å². The highest BCUT2D eigenvalue weighted by Crippen LogP contribution is 2.09. The average molecular weight is 285 g/mol. The van der Waals surface area contributed by atoms with E-state index in [0.29, 0.717) is 6.54 Å². The van der Waals surface area contributed by atoms with Crippen molar-refractivity contribution in [3.8, 4) is 0 Å². The summed E-state index contributed by atoms with van der Waals surface area (Å²) < 4.78 is 2.03. The molecule has 0 saturated heterocycles. The fourth-order valence-corrected chi connectivity index (χ4v) is 2.35. The number of nitrogens with one attached hydrogen (secondary N) is 1. The summed E-state index contributed by atoms with van der Waals surface area (Å²) in [6, 6.07) is 8.33. The van der Waals surface area contributed by atoms with Crippen LogP contribution >= 0.6 is 0 Å². The number of rotatable bonds is 7. The molecule has 0 radical (unpaired) electrons. The minimum Gasteiger partial charge on any atom is -0.352 e. The number of amides is 1. The molecule has 4 nitrogen and oxygen atoms in total. The van der Waals surface area contributed by atoms with Gasteiger partial charge >= 0.3 is 0 Å². The Morgan fingerprint density at radius 1 is 1.19 bits per heavy atom. The van der Waals surface area contributed by atoms with Crippen LogP contribution in [0.25, 0.3) is 0 Å². The second kappa shape index (κ2) is 7.62. The zero-order valence-electron chi connectivity index (χ0n) is 12.7.